The summed E-state index contributed by atoms with van der Waals surface area (Å²) in [5.74, 6) is 0.566. The maximum atomic E-state index is 13.4. The van der Waals surface area contributed by atoms with E-state index in [1.54, 1.807) is 18.5 Å². The molecule has 1 saturated carbocycles. The number of pyridine rings is 1. The lowest BCUT2D eigenvalue weighted by Crippen LogP contribution is -2.15. The van der Waals surface area contributed by atoms with Crippen LogP contribution in [0.25, 0.3) is 28.0 Å². The average molecular weight is 373 g/mol. The highest BCUT2D eigenvalue weighted by atomic mass is 19.1. The topological polar surface area (TPSA) is 55.1 Å². The minimum absolute atomic E-state index is 0.265. The molecule has 0 saturated heterocycles. The van der Waals surface area contributed by atoms with Gasteiger partial charge in [-0.1, -0.05) is 18.9 Å². The number of hydrogen-bond donors (Lipinski definition) is 1. The van der Waals surface area contributed by atoms with Crippen molar-refractivity contribution in [2.24, 2.45) is 0 Å². The van der Waals surface area contributed by atoms with Gasteiger partial charge in [0.1, 0.15) is 23.7 Å². The van der Waals surface area contributed by atoms with Gasteiger partial charge in [-0.2, -0.15) is 5.10 Å². The molecule has 1 aromatic carbocycles. The first kappa shape index (κ1) is 16.9. The lowest BCUT2D eigenvalue weighted by atomic mass is 10.0. The maximum Gasteiger partial charge on any atom is 0.130 e. The number of benzene rings is 1. The summed E-state index contributed by atoms with van der Waals surface area (Å²) < 4.78 is 15.3. The second-order valence-electron chi connectivity index (χ2n) is 7.18. The molecule has 1 aliphatic rings. The molecule has 3 aromatic heterocycles. The van der Waals surface area contributed by atoms with Crippen molar-refractivity contribution in [1.29, 1.82) is 0 Å². The van der Waals surface area contributed by atoms with Gasteiger partial charge >= 0.3 is 0 Å². The molecule has 0 radical (unpaired) electrons. The normalized spacial score (nSPS) is 14.6. The van der Waals surface area contributed by atoms with Gasteiger partial charge in [0.2, 0.25) is 0 Å². The van der Waals surface area contributed by atoms with Crippen molar-refractivity contribution in [1.82, 2.24) is 19.6 Å². The van der Waals surface area contributed by atoms with Gasteiger partial charge in [-0.05, 0) is 49.2 Å². The summed E-state index contributed by atoms with van der Waals surface area (Å²) in [6.45, 7) is 0. The van der Waals surface area contributed by atoms with Crippen LogP contribution in [0, 0.1) is 5.82 Å². The number of rotatable bonds is 4. The first-order chi connectivity index (χ1) is 13.8. The highest BCUT2D eigenvalue weighted by molar-refractivity contribution is 5.91. The van der Waals surface area contributed by atoms with Crippen molar-refractivity contribution in [3.63, 3.8) is 0 Å². The summed E-state index contributed by atoms with van der Waals surface area (Å²) in [5.41, 5.74) is 4.30. The number of nitrogens with zero attached hydrogens (tertiary/aromatic N) is 4. The van der Waals surface area contributed by atoms with Gasteiger partial charge in [0.15, 0.2) is 0 Å². The molecule has 5 nitrogen and oxygen atoms in total. The van der Waals surface area contributed by atoms with Gasteiger partial charge in [-0.3, -0.25) is 0 Å². The van der Waals surface area contributed by atoms with Gasteiger partial charge in [0.25, 0.3) is 0 Å². The van der Waals surface area contributed by atoms with E-state index in [0.717, 1.165) is 33.8 Å². The number of fused-ring (bicyclic) bond motifs is 1. The zero-order valence-corrected chi connectivity index (χ0v) is 15.3. The Morgan fingerprint density at radius 1 is 1.00 bits per heavy atom. The molecule has 5 rings (SSSR count). The summed E-state index contributed by atoms with van der Waals surface area (Å²) in [6, 6.07) is 14.8. The standard InChI is InChI=1S/C22H20FN5/c23-16-10-8-15(9-11-16)22-21(19-7-3-4-12-28(19)27-22)18-13-20(25-14-24-18)26-17-5-1-2-6-17/h3-4,7-14,17H,1-2,5-6H2,(H,24,25,26). The molecule has 1 aliphatic carbocycles. The van der Waals surface area contributed by atoms with Gasteiger partial charge < -0.3 is 5.32 Å². The van der Waals surface area contributed by atoms with E-state index in [0.29, 0.717) is 6.04 Å². The quantitative estimate of drug-likeness (QED) is 0.550. The SMILES string of the molecule is Fc1ccc(-c2nn3ccccc3c2-c2cc(NC3CCCC3)ncn2)cc1. The van der Waals surface area contributed by atoms with E-state index < -0.39 is 0 Å². The van der Waals surface area contributed by atoms with Crippen molar-refractivity contribution >= 4 is 11.3 Å². The Balaban J connectivity index is 1.63. The summed E-state index contributed by atoms with van der Waals surface area (Å²) in [5, 5.41) is 8.27. The maximum absolute atomic E-state index is 13.4. The fourth-order valence-electron chi connectivity index (χ4n) is 3.91. The third kappa shape index (κ3) is 3.11. The van der Waals surface area contributed by atoms with Crippen LogP contribution < -0.4 is 5.32 Å². The second kappa shape index (κ2) is 7.03. The Labute approximate surface area is 162 Å². The van der Waals surface area contributed by atoms with Gasteiger partial charge in [0, 0.05) is 23.9 Å². The minimum Gasteiger partial charge on any atom is -0.367 e. The lowest BCUT2D eigenvalue weighted by Gasteiger charge is -2.13. The largest absolute Gasteiger partial charge is 0.367 e. The van der Waals surface area contributed by atoms with Crippen LogP contribution in [0.15, 0.2) is 61.1 Å². The molecule has 3 heterocycles. The third-order valence-electron chi connectivity index (χ3n) is 5.29. The summed E-state index contributed by atoms with van der Waals surface area (Å²) in [7, 11) is 0. The number of aromatic nitrogens is 4. The van der Waals surface area contributed by atoms with E-state index in [2.05, 4.69) is 15.3 Å². The Morgan fingerprint density at radius 3 is 2.64 bits per heavy atom. The first-order valence-corrected chi connectivity index (χ1v) is 9.60. The molecule has 6 heteroatoms. The Bertz CT molecular complexity index is 1110. The Kier molecular flexibility index (Phi) is 4.24. The second-order valence-corrected chi connectivity index (χ2v) is 7.18. The summed E-state index contributed by atoms with van der Waals surface area (Å²) in [6.07, 6.45) is 8.38. The van der Waals surface area contributed by atoms with Crippen LogP contribution in [0.5, 0.6) is 0 Å². The van der Waals surface area contributed by atoms with Crippen molar-refractivity contribution in [3.8, 4) is 22.5 Å². The van der Waals surface area contributed by atoms with Crippen LogP contribution in [0.3, 0.4) is 0 Å². The van der Waals surface area contributed by atoms with Crippen molar-refractivity contribution < 1.29 is 4.39 Å². The van der Waals surface area contributed by atoms with Gasteiger partial charge in [0.05, 0.1) is 16.8 Å². The van der Waals surface area contributed by atoms with E-state index in [9.17, 15) is 4.39 Å². The van der Waals surface area contributed by atoms with Crippen molar-refractivity contribution in [2.75, 3.05) is 5.32 Å². The first-order valence-electron chi connectivity index (χ1n) is 9.60. The van der Waals surface area contributed by atoms with Crippen LogP contribution in [0.4, 0.5) is 10.2 Å². The average Bonchev–Trinajstić information content (AvgIpc) is 3.36. The number of anilines is 1. The Morgan fingerprint density at radius 2 is 1.82 bits per heavy atom. The van der Waals surface area contributed by atoms with Gasteiger partial charge in [-0.15, -0.1) is 0 Å². The number of nitrogens with one attached hydrogen (secondary N) is 1. The molecule has 0 aliphatic heterocycles. The smallest absolute Gasteiger partial charge is 0.130 e. The zero-order chi connectivity index (χ0) is 18.9. The van der Waals surface area contributed by atoms with Crippen LogP contribution in [0.1, 0.15) is 25.7 Å². The number of halogens is 1. The number of hydrogen-bond acceptors (Lipinski definition) is 4. The molecule has 28 heavy (non-hydrogen) atoms. The molecule has 1 fully saturated rings. The Hall–Kier alpha value is -3.28. The fourth-order valence-corrected chi connectivity index (χ4v) is 3.91. The van der Waals surface area contributed by atoms with E-state index >= 15 is 0 Å². The summed E-state index contributed by atoms with van der Waals surface area (Å²) >= 11 is 0. The van der Waals surface area contributed by atoms with Crippen molar-refractivity contribution in [3.05, 3.63) is 66.9 Å². The van der Waals surface area contributed by atoms with E-state index in [-0.39, 0.29) is 5.82 Å². The molecule has 0 amide bonds. The highest BCUT2D eigenvalue weighted by Gasteiger charge is 2.19. The zero-order valence-electron chi connectivity index (χ0n) is 15.3. The van der Waals surface area contributed by atoms with Gasteiger partial charge in [-0.25, -0.2) is 18.9 Å². The molecule has 0 spiro atoms. The van der Waals surface area contributed by atoms with Crippen LogP contribution in [0.2, 0.25) is 0 Å². The molecule has 1 N–H and O–H groups in total. The lowest BCUT2D eigenvalue weighted by molar-refractivity contribution is 0.628. The van der Waals surface area contributed by atoms with E-state index in [4.69, 9.17) is 5.10 Å². The predicted molar refractivity (Wildman–Crippen MR) is 107 cm³/mol. The van der Waals surface area contributed by atoms with E-state index in [1.165, 1.54) is 37.8 Å². The molecule has 0 atom stereocenters. The van der Waals surface area contributed by atoms with Crippen LogP contribution >= 0.6 is 0 Å². The molecular weight excluding hydrogens is 353 g/mol. The minimum atomic E-state index is -0.265. The summed E-state index contributed by atoms with van der Waals surface area (Å²) in [4.78, 5) is 8.94. The molecule has 4 aromatic rings. The highest BCUT2D eigenvalue weighted by Crippen LogP contribution is 2.35. The molecular formula is C22H20FN5. The fraction of sp³-hybridized carbons (Fsp3) is 0.227. The monoisotopic (exact) mass is 373 g/mol. The van der Waals surface area contributed by atoms with Crippen LogP contribution in [-0.2, 0) is 0 Å². The predicted octanol–water partition coefficient (Wildman–Crippen LogP) is 4.95. The van der Waals surface area contributed by atoms with E-state index in [1.807, 2.05) is 35.0 Å². The molecule has 0 bridgehead atoms. The molecule has 0 unspecified atom stereocenters. The van der Waals surface area contributed by atoms with Crippen LogP contribution in [-0.4, -0.2) is 25.6 Å². The third-order valence-corrected chi connectivity index (χ3v) is 5.29. The van der Waals surface area contributed by atoms with Crippen molar-refractivity contribution in [2.45, 2.75) is 31.7 Å². The molecule has 140 valence electrons.